The lowest BCUT2D eigenvalue weighted by Gasteiger charge is -2.17. The third-order valence-corrected chi connectivity index (χ3v) is 4.70. The van der Waals surface area contributed by atoms with Crippen molar-refractivity contribution in [2.24, 2.45) is 0 Å². The van der Waals surface area contributed by atoms with Crippen molar-refractivity contribution >= 4 is 17.5 Å². The summed E-state index contributed by atoms with van der Waals surface area (Å²) >= 11 is 0. The number of rotatable bonds is 7. The lowest BCUT2D eigenvalue weighted by atomic mass is 10.1. The first-order valence-corrected chi connectivity index (χ1v) is 9.43. The van der Waals surface area contributed by atoms with Crippen molar-refractivity contribution in [2.45, 2.75) is 6.42 Å². The van der Waals surface area contributed by atoms with Gasteiger partial charge in [-0.05, 0) is 60.5 Å². The summed E-state index contributed by atoms with van der Waals surface area (Å²) in [5.74, 6) is 0.530. The van der Waals surface area contributed by atoms with E-state index < -0.39 is 0 Å². The van der Waals surface area contributed by atoms with Gasteiger partial charge in [0.1, 0.15) is 5.75 Å². The molecule has 0 aliphatic rings. The molecule has 5 nitrogen and oxygen atoms in total. The SMILES string of the molecule is COc1ccc(CCNC(=O)c2ccc(C(=O)N(C)c3ccccc3)cc2)cc1. The summed E-state index contributed by atoms with van der Waals surface area (Å²) < 4.78 is 5.14. The van der Waals surface area contributed by atoms with Crippen LogP contribution in [0.1, 0.15) is 26.3 Å². The molecule has 0 atom stereocenters. The van der Waals surface area contributed by atoms with E-state index in [1.54, 1.807) is 43.3 Å². The number of methoxy groups -OCH3 is 1. The predicted molar refractivity (Wildman–Crippen MR) is 115 cm³/mol. The van der Waals surface area contributed by atoms with Crippen LogP contribution in [0.5, 0.6) is 5.75 Å². The fourth-order valence-corrected chi connectivity index (χ4v) is 2.94. The molecule has 0 aliphatic heterocycles. The smallest absolute Gasteiger partial charge is 0.258 e. The van der Waals surface area contributed by atoms with E-state index >= 15 is 0 Å². The Balaban J connectivity index is 1.54. The van der Waals surface area contributed by atoms with E-state index in [2.05, 4.69) is 5.32 Å². The molecule has 5 heteroatoms. The quantitative estimate of drug-likeness (QED) is 0.667. The molecule has 0 saturated carbocycles. The van der Waals surface area contributed by atoms with E-state index in [-0.39, 0.29) is 11.8 Å². The number of para-hydroxylation sites is 1. The Bertz CT molecular complexity index is 952. The first kappa shape index (κ1) is 20.1. The molecule has 0 fully saturated rings. The van der Waals surface area contributed by atoms with E-state index in [4.69, 9.17) is 4.74 Å². The van der Waals surface area contributed by atoms with Crippen LogP contribution in [-0.4, -0.2) is 32.5 Å². The number of hydrogen-bond donors (Lipinski definition) is 1. The number of benzene rings is 3. The molecule has 0 aliphatic carbocycles. The van der Waals surface area contributed by atoms with Gasteiger partial charge in [-0.3, -0.25) is 9.59 Å². The third kappa shape index (κ3) is 5.23. The molecule has 0 unspecified atom stereocenters. The second kappa shape index (κ2) is 9.55. The summed E-state index contributed by atoms with van der Waals surface area (Å²) in [6, 6.07) is 23.9. The van der Waals surface area contributed by atoms with Crippen LogP contribution in [0, 0.1) is 0 Å². The molecule has 2 amide bonds. The minimum absolute atomic E-state index is 0.123. The highest BCUT2D eigenvalue weighted by molar-refractivity contribution is 6.06. The second-order valence-corrected chi connectivity index (χ2v) is 6.63. The Labute approximate surface area is 170 Å². The van der Waals surface area contributed by atoms with Gasteiger partial charge in [-0.2, -0.15) is 0 Å². The number of hydrogen-bond acceptors (Lipinski definition) is 3. The van der Waals surface area contributed by atoms with Gasteiger partial charge in [-0.15, -0.1) is 0 Å². The van der Waals surface area contributed by atoms with Crippen molar-refractivity contribution < 1.29 is 14.3 Å². The highest BCUT2D eigenvalue weighted by atomic mass is 16.5. The molecule has 0 heterocycles. The molecule has 148 valence electrons. The van der Waals surface area contributed by atoms with E-state index in [0.717, 1.165) is 23.4 Å². The second-order valence-electron chi connectivity index (χ2n) is 6.63. The summed E-state index contributed by atoms with van der Waals surface area (Å²) in [5, 5.41) is 2.91. The number of nitrogens with one attached hydrogen (secondary N) is 1. The normalized spacial score (nSPS) is 10.3. The molecule has 0 bridgehead atoms. The maximum absolute atomic E-state index is 12.6. The van der Waals surface area contributed by atoms with E-state index in [1.165, 1.54) is 0 Å². The van der Waals surface area contributed by atoms with Gasteiger partial charge < -0.3 is 15.0 Å². The molecule has 0 aromatic heterocycles. The maximum atomic E-state index is 12.6. The number of amides is 2. The Hall–Kier alpha value is -3.60. The number of carbonyl (C=O) groups excluding carboxylic acids is 2. The van der Waals surface area contributed by atoms with Crippen LogP contribution in [0.15, 0.2) is 78.9 Å². The maximum Gasteiger partial charge on any atom is 0.258 e. The lowest BCUT2D eigenvalue weighted by molar-refractivity contribution is 0.0951. The predicted octanol–water partition coefficient (Wildman–Crippen LogP) is 3.94. The minimum atomic E-state index is -0.158. The zero-order valence-corrected chi connectivity index (χ0v) is 16.6. The molecule has 3 rings (SSSR count). The van der Waals surface area contributed by atoms with Crippen LogP contribution in [0.4, 0.5) is 5.69 Å². The molecule has 29 heavy (non-hydrogen) atoms. The van der Waals surface area contributed by atoms with Gasteiger partial charge in [0.15, 0.2) is 0 Å². The minimum Gasteiger partial charge on any atom is -0.497 e. The summed E-state index contributed by atoms with van der Waals surface area (Å²) in [7, 11) is 3.37. The largest absolute Gasteiger partial charge is 0.497 e. The van der Waals surface area contributed by atoms with Crippen LogP contribution in [0.3, 0.4) is 0 Å². The van der Waals surface area contributed by atoms with Crippen LogP contribution >= 0.6 is 0 Å². The average Bonchev–Trinajstić information content (AvgIpc) is 2.79. The lowest BCUT2D eigenvalue weighted by Crippen LogP contribution is -2.27. The molecule has 0 saturated heterocycles. The van der Waals surface area contributed by atoms with Crippen molar-refractivity contribution in [1.82, 2.24) is 5.32 Å². The molecule has 3 aromatic carbocycles. The third-order valence-electron chi connectivity index (χ3n) is 4.70. The van der Waals surface area contributed by atoms with E-state index in [0.29, 0.717) is 17.7 Å². The standard InChI is InChI=1S/C24H24N2O3/c1-26(21-6-4-3-5-7-21)24(28)20-12-10-19(11-13-20)23(27)25-17-16-18-8-14-22(29-2)15-9-18/h3-15H,16-17H2,1-2H3,(H,25,27). The van der Waals surface area contributed by atoms with Crippen LogP contribution in [0.25, 0.3) is 0 Å². The van der Waals surface area contributed by atoms with Gasteiger partial charge in [0.2, 0.25) is 0 Å². The zero-order chi connectivity index (χ0) is 20.6. The van der Waals surface area contributed by atoms with Crippen molar-refractivity contribution in [1.29, 1.82) is 0 Å². The zero-order valence-electron chi connectivity index (χ0n) is 16.6. The van der Waals surface area contributed by atoms with Gasteiger partial charge in [-0.1, -0.05) is 30.3 Å². The number of anilines is 1. The van der Waals surface area contributed by atoms with Crippen molar-refractivity contribution in [2.75, 3.05) is 25.6 Å². The topological polar surface area (TPSA) is 58.6 Å². The van der Waals surface area contributed by atoms with E-state index in [1.807, 2.05) is 54.6 Å². The summed E-state index contributed by atoms with van der Waals surface area (Å²) in [6.45, 7) is 0.530. The van der Waals surface area contributed by atoms with Gasteiger partial charge >= 0.3 is 0 Å². The number of nitrogens with zero attached hydrogens (tertiary/aromatic N) is 1. The first-order valence-electron chi connectivity index (χ1n) is 9.43. The summed E-state index contributed by atoms with van der Waals surface area (Å²) in [4.78, 5) is 26.5. The average molecular weight is 388 g/mol. The van der Waals surface area contributed by atoms with E-state index in [9.17, 15) is 9.59 Å². The Morgan fingerprint density at radius 2 is 1.48 bits per heavy atom. The fourth-order valence-electron chi connectivity index (χ4n) is 2.94. The van der Waals surface area contributed by atoms with Crippen molar-refractivity contribution in [3.63, 3.8) is 0 Å². The van der Waals surface area contributed by atoms with Crippen LogP contribution in [0.2, 0.25) is 0 Å². The van der Waals surface area contributed by atoms with Crippen LogP contribution in [-0.2, 0) is 6.42 Å². The van der Waals surface area contributed by atoms with Crippen molar-refractivity contribution in [3.05, 3.63) is 95.6 Å². The van der Waals surface area contributed by atoms with Gasteiger partial charge in [0.05, 0.1) is 7.11 Å². The molecular weight excluding hydrogens is 364 g/mol. The van der Waals surface area contributed by atoms with Gasteiger partial charge in [-0.25, -0.2) is 0 Å². The Morgan fingerprint density at radius 1 is 0.862 bits per heavy atom. The number of ether oxygens (including phenoxy) is 1. The molecule has 1 N–H and O–H groups in total. The highest BCUT2D eigenvalue weighted by Crippen LogP contribution is 2.15. The summed E-state index contributed by atoms with van der Waals surface area (Å²) in [6.07, 6.45) is 0.730. The van der Waals surface area contributed by atoms with Crippen molar-refractivity contribution in [3.8, 4) is 5.75 Å². The first-order chi connectivity index (χ1) is 14.1. The Kier molecular flexibility index (Phi) is 6.63. The fraction of sp³-hybridized carbons (Fsp3) is 0.167. The highest BCUT2D eigenvalue weighted by Gasteiger charge is 2.14. The molecular formula is C24H24N2O3. The molecule has 0 radical (unpaired) electrons. The monoisotopic (exact) mass is 388 g/mol. The summed E-state index contributed by atoms with van der Waals surface area (Å²) in [5.41, 5.74) is 3.00. The van der Waals surface area contributed by atoms with Crippen LogP contribution < -0.4 is 15.0 Å². The molecule has 0 spiro atoms. The molecule has 3 aromatic rings. The van der Waals surface area contributed by atoms with Gasteiger partial charge in [0, 0.05) is 30.4 Å². The number of carbonyl (C=O) groups is 2. The Morgan fingerprint density at radius 3 is 2.10 bits per heavy atom. The van der Waals surface area contributed by atoms with Gasteiger partial charge in [0.25, 0.3) is 11.8 Å².